The van der Waals surface area contributed by atoms with Crippen LogP contribution in [0.1, 0.15) is 0 Å². The highest BCUT2D eigenvalue weighted by Crippen LogP contribution is 2.13. The minimum absolute atomic E-state index is 0.327. The molecule has 0 fully saturated rings. The number of ether oxygens (including phenoxy) is 1. The van der Waals surface area contributed by atoms with Gasteiger partial charge < -0.3 is 20.4 Å². The predicted octanol–water partition coefficient (Wildman–Crippen LogP) is -1.55. The van der Waals surface area contributed by atoms with Gasteiger partial charge in [-0.15, -0.1) is 0 Å². The number of nitrogens with zero attached hydrogens (tertiary/aromatic N) is 4. The first-order valence-electron chi connectivity index (χ1n) is 6.62. The molecule has 0 saturated heterocycles. The Labute approximate surface area is 120 Å². The van der Waals surface area contributed by atoms with E-state index in [9.17, 15) is 9.59 Å². The monoisotopic (exact) mass is 296 g/mol. The number of hydrogen-bond acceptors (Lipinski definition) is 6. The molecule has 0 amide bonds. The van der Waals surface area contributed by atoms with Gasteiger partial charge in [0.2, 0.25) is 5.95 Å². The summed E-state index contributed by atoms with van der Waals surface area (Å²) in [7, 11) is 4.73. The van der Waals surface area contributed by atoms with Gasteiger partial charge in [-0.05, 0) is 0 Å². The standard InChI is InChI=1S/C12H20N6O3/c1-16-8-9(15-11(16)14-5-4-13)18(6-7-21-3)12(20)17(2)10(8)19/h4-7,13H2,1-3H3,(H,14,15). The van der Waals surface area contributed by atoms with E-state index in [1.54, 1.807) is 18.7 Å². The molecule has 0 aliphatic carbocycles. The van der Waals surface area contributed by atoms with Crippen LogP contribution in [0.2, 0.25) is 0 Å². The minimum Gasteiger partial charge on any atom is -0.383 e. The molecule has 0 saturated carbocycles. The van der Waals surface area contributed by atoms with Crippen molar-refractivity contribution in [3.63, 3.8) is 0 Å². The first-order valence-corrected chi connectivity index (χ1v) is 6.62. The number of methoxy groups -OCH3 is 1. The van der Waals surface area contributed by atoms with Crippen molar-refractivity contribution in [1.29, 1.82) is 0 Å². The van der Waals surface area contributed by atoms with E-state index < -0.39 is 5.69 Å². The van der Waals surface area contributed by atoms with E-state index in [4.69, 9.17) is 10.5 Å². The fourth-order valence-electron chi connectivity index (χ4n) is 2.16. The van der Waals surface area contributed by atoms with Crippen molar-refractivity contribution >= 4 is 17.1 Å². The Bertz CT molecular complexity index is 757. The number of aryl methyl sites for hydroxylation is 1. The van der Waals surface area contributed by atoms with Crippen molar-refractivity contribution in [2.75, 3.05) is 32.1 Å². The highest BCUT2D eigenvalue weighted by molar-refractivity contribution is 5.74. The lowest BCUT2D eigenvalue weighted by molar-refractivity contribution is 0.186. The third kappa shape index (κ3) is 2.57. The lowest BCUT2D eigenvalue weighted by atomic mass is 10.5. The first-order chi connectivity index (χ1) is 10.0. The summed E-state index contributed by atoms with van der Waals surface area (Å²) < 4.78 is 9.16. The van der Waals surface area contributed by atoms with Gasteiger partial charge in [0.15, 0.2) is 11.2 Å². The molecule has 2 aromatic heterocycles. The topological polar surface area (TPSA) is 109 Å². The van der Waals surface area contributed by atoms with Gasteiger partial charge in [-0.1, -0.05) is 0 Å². The van der Waals surface area contributed by atoms with E-state index in [0.29, 0.717) is 43.4 Å². The van der Waals surface area contributed by atoms with Gasteiger partial charge in [0.25, 0.3) is 5.56 Å². The van der Waals surface area contributed by atoms with Crippen LogP contribution in [-0.2, 0) is 25.4 Å². The minimum atomic E-state index is -0.409. The van der Waals surface area contributed by atoms with Crippen molar-refractivity contribution in [3.8, 4) is 0 Å². The summed E-state index contributed by atoms with van der Waals surface area (Å²) in [5.74, 6) is 0.504. The largest absolute Gasteiger partial charge is 0.383 e. The van der Waals surface area contributed by atoms with Gasteiger partial charge in [0.05, 0.1) is 13.2 Å². The molecule has 9 heteroatoms. The molecular weight excluding hydrogens is 276 g/mol. The Hall–Kier alpha value is -2.13. The number of rotatable bonds is 6. The molecule has 3 N–H and O–H groups in total. The third-order valence-electron chi connectivity index (χ3n) is 3.30. The molecule has 0 aromatic carbocycles. The second kappa shape index (κ2) is 6.10. The van der Waals surface area contributed by atoms with Crippen molar-refractivity contribution in [2.24, 2.45) is 19.8 Å². The van der Waals surface area contributed by atoms with E-state index in [0.717, 1.165) is 4.57 Å². The van der Waals surface area contributed by atoms with E-state index in [2.05, 4.69) is 10.3 Å². The van der Waals surface area contributed by atoms with Crippen molar-refractivity contribution in [2.45, 2.75) is 6.54 Å². The molecule has 0 radical (unpaired) electrons. The molecule has 21 heavy (non-hydrogen) atoms. The Balaban J connectivity index is 2.71. The SMILES string of the molecule is COCCn1c(=O)n(C)c(=O)c2c1nc(NCCN)n2C. The summed E-state index contributed by atoms with van der Waals surface area (Å²) >= 11 is 0. The second-order valence-corrected chi connectivity index (χ2v) is 4.67. The van der Waals surface area contributed by atoms with Gasteiger partial charge >= 0.3 is 5.69 Å². The van der Waals surface area contributed by atoms with Crippen molar-refractivity contribution in [3.05, 3.63) is 20.8 Å². The van der Waals surface area contributed by atoms with Gasteiger partial charge in [0, 0.05) is 34.3 Å². The molecule has 0 aliphatic heterocycles. The average molecular weight is 296 g/mol. The van der Waals surface area contributed by atoms with Gasteiger partial charge in [-0.25, -0.2) is 4.79 Å². The summed E-state index contributed by atoms with van der Waals surface area (Å²) in [5, 5.41) is 3.03. The van der Waals surface area contributed by atoms with Gasteiger partial charge in [-0.2, -0.15) is 4.98 Å². The van der Waals surface area contributed by atoms with Gasteiger partial charge in [-0.3, -0.25) is 13.9 Å². The molecule has 0 aliphatic rings. The highest BCUT2D eigenvalue weighted by atomic mass is 16.5. The number of anilines is 1. The molecule has 9 nitrogen and oxygen atoms in total. The Morgan fingerprint density at radius 2 is 2.00 bits per heavy atom. The molecule has 2 heterocycles. The van der Waals surface area contributed by atoms with E-state index in [1.165, 1.54) is 11.6 Å². The number of hydrogen-bond donors (Lipinski definition) is 2. The molecule has 0 unspecified atom stereocenters. The molecule has 2 rings (SSSR count). The van der Waals surface area contributed by atoms with Crippen LogP contribution in [0, 0.1) is 0 Å². The lowest BCUT2D eigenvalue weighted by Gasteiger charge is -2.08. The van der Waals surface area contributed by atoms with Crippen LogP contribution >= 0.6 is 0 Å². The lowest BCUT2D eigenvalue weighted by Crippen LogP contribution is -2.39. The maximum Gasteiger partial charge on any atom is 0.332 e. The van der Waals surface area contributed by atoms with Crippen LogP contribution in [-0.4, -0.2) is 45.5 Å². The summed E-state index contributed by atoms with van der Waals surface area (Å²) in [4.78, 5) is 28.9. The third-order valence-corrected chi connectivity index (χ3v) is 3.30. The second-order valence-electron chi connectivity index (χ2n) is 4.67. The van der Waals surface area contributed by atoms with Crippen molar-refractivity contribution in [1.82, 2.24) is 18.7 Å². The number of nitrogens with two attached hydrogens (primary N) is 1. The normalized spacial score (nSPS) is 11.2. The van der Waals surface area contributed by atoms with E-state index in [1.807, 2.05) is 0 Å². The molecule has 0 bridgehead atoms. The van der Waals surface area contributed by atoms with Crippen LogP contribution < -0.4 is 22.3 Å². The molecule has 0 atom stereocenters. The first kappa shape index (κ1) is 15.3. The van der Waals surface area contributed by atoms with Gasteiger partial charge in [0.1, 0.15) is 0 Å². The zero-order valence-electron chi connectivity index (χ0n) is 12.4. The Morgan fingerprint density at radius 3 is 2.62 bits per heavy atom. The maximum absolute atomic E-state index is 12.3. The van der Waals surface area contributed by atoms with E-state index in [-0.39, 0.29) is 5.56 Å². The smallest absolute Gasteiger partial charge is 0.332 e. The number of fused-ring (bicyclic) bond motifs is 1. The molecule has 116 valence electrons. The highest BCUT2D eigenvalue weighted by Gasteiger charge is 2.18. The quantitative estimate of drug-likeness (QED) is 0.668. The zero-order chi connectivity index (χ0) is 15.6. The fourth-order valence-corrected chi connectivity index (χ4v) is 2.16. The summed E-state index contributed by atoms with van der Waals surface area (Å²) in [6.45, 7) is 1.65. The number of nitrogens with one attached hydrogen (secondary N) is 1. The van der Waals surface area contributed by atoms with Crippen LogP contribution in [0.25, 0.3) is 11.2 Å². The Kier molecular flexibility index (Phi) is 4.43. The van der Waals surface area contributed by atoms with Crippen LogP contribution in [0.15, 0.2) is 9.59 Å². The number of imidazole rings is 1. The summed E-state index contributed by atoms with van der Waals surface area (Å²) in [5.41, 5.74) is 5.39. The molecule has 2 aromatic rings. The van der Waals surface area contributed by atoms with Crippen molar-refractivity contribution < 1.29 is 4.74 Å². The fraction of sp³-hybridized carbons (Fsp3) is 0.583. The maximum atomic E-state index is 12.3. The zero-order valence-corrected chi connectivity index (χ0v) is 12.4. The van der Waals surface area contributed by atoms with Crippen LogP contribution in [0.4, 0.5) is 5.95 Å². The van der Waals surface area contributed by atoms with Crippen LogP contribution in [0.3, 0.4) is 0 Å². The summed E-state index contributed by atoms with van der Waals surface area (Å²) in [6, 6.07) is 0. The average Bonchev–Trinajstić information content (AvgIpc) is 2.80. The number of aromatic nitrogens is 4. The Morgan fingerprint density at radius 1 is 1.29 bits per heavy atom. The van der Waals surface area contributed by atoms with Crippen LogP contribution in [0.5, 0.6) is 0 Å². The van der Waals surface area contributed by atoms with E-state index >= 15 is 0 Å². The summed E-state index contributed by atoms with van der Waals surface area (Å²) in [6.07, 6.45) is 0. The predicted molar refractivity (Wildman–Crippen MR) is 79.6 cm³/mol. The molecular formula is C12H20N6O3. The molecule has 0 spiro atoms.